The Morgan fingerprint density at radius 3 is 2.55 bits per heavy atom. The van der Waals surface area contributed by atoms with Crippen LogP contribution in [0.1, 0.15) is 24.6 Å². The molecule has 3 nitrogen and oxygen atoms in total. The lowest BCUT2D eigenvalue weighted by Crippen LogP contribution is -2.45. The highest BCUT2D eigenvalue weighted by Crippen LogP contribution is 2.37. The van der Waals surface area contributed by atoms with Gasteiger partial charge in [0.15, 0.2) is 0 Å². The minimum Gasteiger partial charge on any atom is -0.317 e. The third-order valence-corrected chi connectivity index (χ3v) is 5.31. The van der Waals surface area contributed by atoms with Crippen LogP contribution in [0.25, 0.3) is 10.4 Å². The average Bonchev–Trinajstić information content (AvgIpc) is 2.91. The molecule has 1 aliphatic heterocycles. The van der Waals surface area contributed by atoms with Crippen molar-refractivity contribution in [2.24, 2.45) is 0 Å². The lowest BCUT2D eigenvalue weighted by Gasteiger charge is -2.34. The van der Waals surface area contributed by atoms with E-state index in [2.05, 4.69) is 42.6 Å². The number of carbonyl (C=O) groups is 1. The second-order valence-corrected chi connectivity index (χ2v) is 7.04. The number of aryl methyl sites for hydroxylation is 1. The molecule has 1 aliphatic rings. The van der Waals surface area contributed by atoms with E-state index in [1.807, 2.05) is 11.0 Å². The molecule has 0 bridgehead atoms. The number of benzene rings is 1. The molecule has 116 valence electrons. The molecule has 0 spiro atoms. The van der Waals surface area contributed by atoms with Crippen LogP contribution in [0.5, 0.6) is 0 Å². The number of piperidine rings is 1. The number of hydrogen-bond acceptors (Lipinski definition) is 3. The Morgan fingerprint density at radius 1 is 1.23 bits per heavy atom. The molecule has 0 saturated carbocycles. The molecule has 1 aromatic carbocycles. The molecule has 0 atom stereocenters. The molecule has 2 heterocycles. The van der Waals surface area contributed by atoms with E-state index in [0.29, 0.717) is 6.04 Å². The van der Waals surface area contributed by atoms with Crippen molar-refractivity contribution >= 4 is 22.9 Å². The Labute approximate surface area is 136 Å². The predicted molar refractivity (Wildman–Crippen MR) is 93.5 cm³/mol. The number of nitrogens with one attached hydrogen (secondary N) is 1. The van der Waals surface area contributed by atoms with Gasteiger partial charge in [-0.25, -0.2) is 0 Å². The molecule has 0 unspecified atom stereocenters. The van der Waals surface area contributed by atoms with Crippen LogP contribution in [0.4, 0.5) is 5.69 Å². The Hall–Kier alpha value is -1.65. The summed E-state index contributed by atoms with van der Waals surface area (Å²) in [6, 6.07) is 12.9. The predicted octanol–water partition coefficient (Wildman–Crippen LogP) is 3.83. The van der Waals surface area contributed by atoms with E-state index in [1.165, 1.54) is 15.3 Å². The SMILES string of the molecule is CC(=O)N(c1cc(-c2ccccc2)sc1C)C1CCNCC1. The van der Waals surface area contributed by atoms with E-state index in [9.17, 15) is 4.79 Å². The van der Waals surface area contributed by atoms with Gasteiger partial charge in [-0.3, -0.25) is 4.79 Å². The molecule has 0 aliphatic carbocycles. The zero-order valence-corrected chi connectivity index (χ0v) is 14.0. The summed E-state index contributed by atoms with van der Waals surface area (Å²) in [7, 11) is 0. The molecule has 1 amide bonds. The van der Waals surface area contributed by atoms with Gasteiger partial charge >= 0.3 is 0 Å². The largest absolute Gasteiger partial charge is 0.317 e. The van der Waals surface area contributed by atoms with Gasteiger partial charge < -0.3 is 10.2 Å². The fourth-order valence-electron chi connectivity index (χ4n) is 3.14. The second kappa shape index (κ2) is 6.63. The van der Waals surface area contributed by atoms with Crippen LogP contribution in [0.3, 0.4) is 0 Å². The molecule has 1 saturated heterocycles. The van der Waals surface area contributed by atoms with Gasteiger partial charge in [-0.2, -0.15) is 0 Å². The summed E-state index contributed by atoms with van der Waals surface area (Å²) >= 11 is 1.77. The van der Waals surface area contributed by atoms with Gasteiger partial charge in [-0.05, 0) is 44.5 Å². The zero-order chi connectivity index (χ0) is 15.5. The number of thiophene rings is 1. The van der Waals surface area contributed by atoms with Crippen molar-refractivity contribution in [3.63, 3.8) is 0 Å². The standard InChI is InChI=1S/C18H22N2OS/c1-13-17(12-18(22-13)15-6-4-3-5-7-15)20(14(2)21)16-8-10-19-11-9-16/h3-7,12,16,19H,8-11H2,1-2H3. The van der Waals surface area contributed by atoms with E-state index < -0.39 is 0 Å². The van der Waals surface area contributed by atoms with E-state index in [4.69, 9.17) is 0 Å². The van der Waals surface area contributed by atoms with Crippen molar-refractivity contribution in [3.8, 4) is 10.4 Å². The molecule has 1 N–H and O–H groups in total. The van der Waals surface area contributed by atoms with Crippen molar-refractivity contribution in [2.75, 3.05) is 18.0 Å². The average molecular weight is 314 g/mol. The maximum atomic E-state index is 12.3. The van der Waals surface area contributed by atoms with Crippen LogP contribution in [-0.2, 0) is 4.79 Å². The van der Waals surface area contributed by atoms with Crippen LogP contribution in [0.15, 0.2) is 36.4 Å². The summed E-state index contributed by atoms with van der Waals surface area (Å²) in [5.74, 6) is 0.146. The maximum absolute atomic E-state index is 12.3. The van der Waals surface area contributed by atoms with E-state index in [0.717, 1.165) is 31.6 Å². The lowest BCUT2D eigenvalue weighted by molar-refractivity contribution is -0.117. The van der Waals surface area contributed by atoms with E-state index in [1.54, 1.807) is 18.3 Å². The van der Waals surface area contributed by atoms with Gasteiger partial charge in [-0.15, -0.1) is 11.3 Å². The van der Waals surface area contributed by atoms with E-state index in [-0.39, 0.29) is 5.91 Å². The Balaban J connectivity index is 1.95. The molecule has 0 radical (unpaired) electrons. The van der Waals surface area contributed by atoms with Crippen molar-refractivity contribution in [1.29, 1.82) is 0 Å². The highest BCUT2D eigenvalue weighted by atomic mass is 32.1. The quantitative estimate of drug-likeness (QED) is 0.934. The van der Waals surface area contributed by atoms with Gasteiger partial charge in [0.2, 0.25) is 5.91 Å². The van der Waals surface area contributed by atoms with Crippen molar-refractivity contribution in [1.82, 2.24) is 5.32 Å². The topological polar surface area (TPSA) is 32.3 Å². The number of anilines is 1. The maximum Gasteiger partial charge on any atom is 0.224 e. The summed E-state index contributed by atoms with van der Waals surface area (Å²) in [4.78, 5) is 16.7. The number of amides is 1. The summed E-state index contributed by atoms with van der Waals surface area (Å²) in [6.45, 7) is 5.77. The Bertz CT molecular complexity index is 644. The fraction of sp³-hybridized carbons (Fsp3) is 0.389. The van der Waals surface area contributed by atoms with Gasteiger partial charge in [0.1, 0.15) is 0 Å². The summed E-state index contributed by atoms with van der Waals surface area (Å²) < 4.78 is 0. The van der Waals surface area contributed by atoms with Crippen LogP contribution >= 0.6 is 11.3 Å². The zero-order valence-electron chi connectivity index (χ0n) is 13.1. The Kier molecular flexibility index (Phi) is 4.60. The molecular weight excluding hydrogens is 292 g/mol. The molecule has 1 fully saturated rings. The molecule has 22 heavy (non-hydrogen) atoms. The fourth-order valence-corrected chi connectivity index (χ4v) is 4.16. The number of rotatable bonds is 3. The van der Waals surface area contributed by atoms with Gasteiger partial charge in [0.05, 0.1) is 5.69 Å². The first-order chi connectivity index (χ1) is 10.7. The Morgan fingerprint density at radius 2 is 1.91 bits per heavy atom. The number of hydrogen-bond donors (Lipinski definition) is 1. The van der Waals surface area contributed by atoms with Crippen LogP contribution in [0.2, 0.25) is 0 Å². The smallest absolute Gasteiger partial charge is 0.224 e. The molecule has 3 rings (SSSR count). The van der Waals surface area contributed by atoms with Crippen LogP contribution in [0, 0.1) is 6.92 Å². The monoisotopic (exact) mass is 314 g/mol. The van der Waals surface area contributed by atoms with Gasteiger partial charge in [0.25, 0.3) is 0 Å². The number of carbonyl (C=O) groups excluding carboxylic acids is 1. The van der Waals surface area contributed by atoms with Crippen molar-refractivity contribution in [2.45, 2.75) is 32.7 Å². The molecule has 2 aromatic rings. The van der Waals surface area contributed by atoms with Gasteiger partial charge in [-0.1, -0.05) is 30.3 Å². The first kappa shape index (κ1) is 15.3. The summed E-state index contributed by atoms with van der Waals surface area (Å²) in [5, 5.41) is 3.37. The highest BCUT2D eigenvalue weighted by Gasteiger charge is 2.26. The highest BCUT2D eigenvalue weighted by molar-refractivity contribution is 7.16. The third kappa shape index (κ3) is 3.08. The molecular formula is C18H22N2OS. The van der Waals surface area contributed by atoms with Gasteiger partial charge in [0, 0.05) is 22.7 Å². The normalized spacial score (nSPS) is 15.7. The third-order valence-electron chi connectivity index (χ3n) is 4.22. The molecule has 1 aromatic heterocycles. The summed E-state index contributed by atoms with van der Waals surface area (Å²) in [6.07, 6.45) is 2.05. The first-order valence-electron chi connectivity index (χ1n) is 7.83. The van der Waals surface area contributed by atoms with E-state index >= 15 is 0 Å². The second-order valence-electron chi connectivity index (χ2n) is 5.79. The minimum atomic E-state index is 0.146. The molecule has 4 heteroatoms. The lowest BCUT2D eigenvalue weighted by atomic mass is 10.0. The van der Waals surface area contributed by atoms with Crippen LogP contribution in [-0.4, -0.2) is 25.0 Å². The summed E-state index contributed by atoms with van der Waals surface area (Å²) in [5.41, 5.74) is 2.30. The van der Waals surface area contributed by atoms with Crippen LogP contribution < -0.4 is 10.2 Å². The van der Waals surface area contributed by atoms with Crippen molar-refractivity contribution in [3.05, 3.63) is 41.3 Å². The number of nitrogens with zero attached hydrogens (tertiary/aromatic N) is 1. The van der Waals surface area contributed by atoms with Crippen molar-refractivity contribution < 1.29 is 4.79 Å². The minimum absolute atomic E-state index is 0.146. The first-order valence-corrected chi connectivity index (χ1v) is 8.65.